The minimum absolute atomic E-state index is 0.119. The number of benzene rings is 3. The van der Waals surface area contributed by atoms with Crippen LogP contribution < -0.4 is 4.90 Å². The summed E-state index contributed by atoms with van der Waals surface area (Å²) in [6, 6.07) is 28.1. The maximum absolute atomic E-state index is 13.1. The van der Waals surface area contributed by atoms with Gasteiger partial charge in [-0.1, -0.05) is 72.8 Å². The van der Waals surface area contributed by atoms with Crippen LogP contribution in [-0.2, 0) is 4.79 Å². The molecule has 0 spiro atoms. The summed E-state index contributed by atoms with van der Waals surface area (Å²) in [5.74, 6) is -0.119. The first kappa shape index (κ1) is 19.6. The number of carbonyl (C=O) groups is 1. The van der Waals surface area contributed by atoms with Crippen LogP contribution in [0.4, 0.5) is 5.69 Å². The van der Waals surface area contributed by atoms with Gasteiger partial charge in [0.25, 0.3) is 5.91 Å². The maximum atomic E-state index is 13.1. The second-order valence-electron chi connectivity index (χ2n) is 7.55. The van der Waals surface area contributed by atoms with E-state index in [1.54, 1.807) is 11.1 Å². The fourth-order valence-corrected chi connectivity index (χ4v) is 3.58. The summed E-state index contributed by atoms with van der Waals surface area (Å²) in [5.41, 5.74) is 5.18. The maximum Gasteiger partial charge on any atom is 0.267 e. The number of carbonyl (C=O) groups excluding carboxylic acids is 1. The average Bonchev–Trinajstić information content (AvgIpc) is 3.24. The Hall–Kier alpha value is -3.66. The lowest BCUT2D eigenvalue weighted by molar-refractivity contribution is -0.127. The number of nitrogens with zero attached hydrogens (tertiary/aromatic N) is 3. The minimum Gasteiger partial charge on any atom is -0.378 e. The van der Waals surface area contributed by atoms with Crippen LogP contribution in [0.2, 0.25) is 0 Å². The molecule has 1 heterocycles. The van der Waals surface area contributed by atoms with Gasteiger partial charge in [-0.25, -0.2) is 5.01 Å². The van der Waals surface area contributed by atoms with E-state index in [9.17, 15) is 4.79 Å². The van der Waals surface area contributed by atoms with E-state index in [1.165, 1.54) is 0 Å². The molecule has 0 N–H and O–H groups in total. The van der Waals surface area contributed by atoms with Gasteiger partial charge in [0, 0.05) is 32.3 Å². The molecule has 150 valence electrons. The van der Waals surface area contributed by atoms with Crippen LogP contribution in [0.15, 0.2) is 96.1 Å². The number of hydrogen-bond acceptors (Lipinski definition) is 3. The van der Waals surface area contributed by atoms with Gasteiger partial charge in [-0.3, -0.25) is 4.79 Å². The quantitative estimate of drug-likeness (QED) is 0.561. The first-order chi connectivity index (χ1) is 14.6. The van der Waals surface area contributed by atoms with Crippen LogP contribution in [0, 0.1) is 0 Å². The van der Waals surface area contributed by atoms with Crippen molar-refractivity contribution < 1.29 is 4.79 Å². The van der Waals surface area contributed by atoms with Gasteiger partial charge < -0.3 is 4.90 Å². The zero-order valence-electron chi connectivity index (χ0n) is 17.3. The Balaban J connectivity index is 1.64. The Morgan fingerprint density at radius 3 is 2.20 bits per heavy atom. The molecular weight excluding hydrogens is 370 g/mol. The van der Waals surface area contributed by atoms with Crippen molar-refractivity contribution in [3.05, 3.63) is 108 Å². The summed E-state index contributed by atoms with van der Waals surface area (Å²) in [5, 5.41) is 6.34. The average molecular weight is 396 g/mol. The van der Waals surface area contributed by atoms with Crippen molar-refractivity contribution in [2.45, 2.75) is 12.5 Å². The summed E-state index contributed by atoms with van der Waals surface area (Å²) in [4.78, 5) is 15.1. The lowest BCUT2D eigenvalue weighted by Gasteiger charge is -2.22. The van der Waals surface area contributed by atoms with Gasteiger partial charge in [0.15, 0.2) is 0 Å². The van der Waals surface area contributed by atoms with Crippen molar-refractivity contribution in [1.82, 2.24) is 5.01 Å². The normalized spacial score (nSPS) is 16.0. The Morgan fingerprint density at radius 1 is 0.933 bits per heavy atom. The zero-order valence-corrected chi connectivity index (χ0v) is 17.3. The number of rotatable bonds is 5. The highest BCUT2D eigenvalue weighted by Gasteiger charge is 2.32. The third-order valence-electron chi connectivity index (χ3n) is 5.26. The molecule has 0 bridgehead atoms. The van der Waals surface area contributed by atoms with Crippen molar-refractivity contribution in [2.75, 3.05) is 19.0 Å². The standard InChI is InChI=1S/C26H25N3O/c1-28(2)23-16-14-22(15-17-23)25-19-24(21-11-7-4-8-12-21)27-29(25)26(30)18-13-20-9-5-3-6-10-20/h3-18,25H,19H2,1-2H3/b18-13+. The van der Waals surface area contributed by atoms with Gasteiger partial charge >= 0.3 is 0 Å². The molecule has 1 atom stereocenters. The predicted octanol–water partition coefficient (Wildman–Crippen LogP) is 5.14. The molecule has 1 aliphatic heterocycles. The Kier molecular flexibility index (Phi) is 5.75. The van der Waals surface area contributed by atoms with E-state index in [2.05, 4.69) is 29.2 Å². The van der Waals surface area contributed by atoms with E-state index in [4.69, 9.17) is 5.10 Å². The molecule has 0 aromatic heterocycles. The highest BCUT2D eigenvalue weighted by atomic mass is 16.2. The van der Waals surface area contributed by atoms with E-state index in [0.717, 1.165) is 28.1 Å². The van der Waals surface area contributed by atoms with Gasteiger partial charge in [0.05, 0.1) is 11.8 Å². The fourth-order valence-electron chi connectivity index (χ4n) is 3.58. The molecule has 0 radical (unpaired) electrons. The van der Waals surface area contributed by atoms with E-state index in [0.29, 0.717) is 6.42 Å². The van der Waals surface area contributed by atoms with Crippen molar-refractivity contribution in [1.29, 1.82) is 0 Å². The third-order valence-corrected chi connectivity index (χ3v) is 5.26. The second-order valence-corrected chi connectivity index (χ2v) is 7.55. The van der Waals surface area contributed by atoms with Crippen LogP contribution in [-0.4, -0.2) is 30.7 Å². The Morgan fingerprint density at radius 2 is 1.57 bits per heavy atom. The highest BCUT2D eigenvalue weighted by Crippen LogP contribution is 2.33. The van der Waals surface area contributed by atoms with E-state index < -0.39 is 0 Å². The molecule has 0 saturated heterocycles. The fraction of sp³-hybridized carbons (Fsp3) is 0.154. The van der Waals surface area contributed by atoms with Crippen molar-refractivity contribution in [3.63, 3.8) is 0 Å². The van der Waals surface area contributed by atoms with Crippen LogP contribution in [0.3, 0.4) is 0 Å². The zero-order chi connectivity index (χ0) is 20.9. The monoisotopic (exact) mass is 395 g/mol. The molecule has 0 fully saturated rings. The first-order valence-electron chi connectivity index (χ1n) is 10.1. The van der Waals surface area contributed by atoms with Crippen molar-refractivity contribution >= 4 is 23.4 Å². The number of anilines is 1. The molecule has 4 rings (SSSR count). The van der Waals surface area contributed by atoms with E-state index in [1.807, 2.05) is 80.8 Å². The van der Waals surface area contributed by atoms with Gasteiger partial charge in [-0.05, 0) is 34.9 Å². The molecule has 0 saturated carbocycles. The van der Waals surface area contributed by atoms with Crippen molar-refractivity contribution in [3.8, 4) is 0 Å². The second kappa shape index (κ2) is 8.78. The predicted molar refractivity (Wildman–Crippen MR) is 123 cm³/mol. The first-order valence-corrected chi connectivity index (χ1v) is 10.1. The third kappa shape index (κ3) is 4.33. The Bertz CT molecular complexity index is 1050. The van der Waals surface area contributed by atoms with Crippen LogP contribution in [0.5, 0.6) is 0 Å². The molecule has 4 nitrogen and oxygen atoms in total. The molecule has 1 unspecified atom stereocenters. The van der Waals surface area contributed by atoms with Crippen molar-refractivity contribution in [2.24, 2.45) is 5.10 Å². The number of amides is 1. The summed E-state index contributed by atoms with van der Waals surface area (Å²) in [6.45, 7) is 0. The molecule has 0 aliphatic carbocycles. The van der Waals surface area contributed by atoms with Gasteiger partial charge in [0.2, 0.25) is 0 Å². The van der Waals surface area contributed by atoms with Gasteiger partial charge in [-0.15, -0.1) is 0 Å². The molecular formula is C26H25N3O. The molecule has 4 heteroatoms. The Labute approximate surface area is 177 Å². The topological polar surface area (TPSA) is 35.9 Å². The lowest BCUT2D eigenvalue weighted by Crippen LogP contribution is -2.25. The molecule has 30 heavy (non-hydrogen) atoms. The number of hydrazone groups is 1. The summed E-state index contributed by atoms with van der Waals surface area (Å²) < 4.78 is 0. The van der Waals surface area contributed by atoms with Gasteiger partial charge in [-0.2, -0.15) is 5.10 Å². The molecule has 1 amide bonds. The smallest absolute Gasteiger partial charge is 0.267 e. The van der Waals surface area contributed by atoms with E-state index >= 15 is 0 Å². The lowest BCUT2D eigenvalue weighted by atomic mass is 9.98. The molecule has 1 aliphatic rings. The summed E-state index contributed by atoms with van der Waals surface area (Å²) in [6.07, 6.45) is 4.13. The summed E-state index contributed by atoms with van der Waals surface area (Å²) in [7, 11) is 4.04. The minimum atomic E-state index is -0.121. The SMILES string of the molecule is CN(C)c1ccc(C2CC(c3ccccc3)=NN2C(=O)/C=C/c2ccccc2)cc1. The highest BCUT2D eigenvalue weighted by molar-refractivity contribution is 6.04. The van der Waals surface area contributed by atoms with E-state index in [-0.39, 0.29) is 11.9 Å². The summed E-state index contributed by atoms with van der Waals surface area (Å²) >= 11 is 0. The van der Waals surface area contributed by atoms with Crippen LogP contribution in [0.25, 0.3) is 6.08 Å². The molecule has 3 aromatic rings. The number of hydrogen-bond donors (Lipinski definition) is 0. The van der Waals surface area contributed by atoms with Gasteiger partial charge in [0.1, 0.15) is 0 Å². The van der Waals surface area contributed by atoms with Crippen LogP contribution >= 0.6 is 0 Å². The molecule has 3 aromatic carbocycles. The largest absolute Gasteiger partial charge is 0.378 e. The van der Waals surface area contributed by atoms with Crippen LogP contribution in [0.1, 0.15) is 29.2 Å².